The number of unbranched alkanes of at least 4 members (excludes halogenated alkanes) is 3. The maximum absolute atomic E-state index is 3.08. The Bertz CT molecular complexity index is 177. The summed E-state index contributed by atoms with van der Waals surface area (Å²) in [5, 5.41) is 0. The minimum atomic E-state index is -1.94. The second kappa shape index (κ2) is 9.63. The number of hydrogen-bond donors (Lipinski definition) is 0. The summed E-state index contributed by atoms with van der Waals surface area (Å²) in [5.41, 5.74) is 0. The Balaban J connectivity index is 2.68. The van der Waals surface area contributed by atoms with Crippen molar-refractivity contribution < 1.29 is 0 Å². The van der Waals surface area contributed by atoms with Gasteiger partial charge in [0.05, 0.1) is 0 Å². The molecule has 0 aromatic rings. The Hall–Kier alpha value is 0.759. The van der Waals surface area contributed by atoms with Crippen LogP contribution in [0.5, 0.6) is 0 Å². The third-order valence-electron chi connectivity index (χ3n) is 4.76. The molecular formula is C16H35NSn. The third-order valence-corrected chi connectivity index (χ3v) is 20.9. The van der Waals surface area contributed by atoms with Gasteiger partial charge in [-0.25, -0.2) is 0 Å². The molecule has 18 heavy (non-hydrogen) atoms. The van der Waals surface area contributed by atoms with Crippen LogP contribution in [-0.4, -0.2) is 34.9 Å². The molecule has 0 unspecified atom stereocenters. The zero-order valence-corrected chi connectivity index (χ0v) is 16.0. The van der Waals surface area contributed by atoms with Gasteiger partial charge >= 0.3 is 120 Å². The Kier molecular flexibility index (Phi) is 8.99. The van der Waals surface area contributed by atoms with Crippen molar-refractivity contribution in [1.82, 2.24) is 3.12 Å². The fourth-order valence-corrected chi connectivity index (χ4v) is 20.7. The SMILES string of the molecule is CCC[CH2][Sn]([CH2]CCC)([CH2]CCC)[N]1CCCC1. The monoisotopic (exact) mass is 361 g/mol. The van der Waals surface area contributed by atoms with E-state index in [0.717, 1.165) is 0 Å². The minimum absolute atomic E-state index is 1.41. The van der Waals surface area contributed by atoms with Crippen molar-refractivity contribution >= 4 is 18.7 Å². The third kappa shape index (κ3) is 5.03. The molecule has 1 aliphatic heterocycles. The summed E-state index contributed by atoms with van der Waals surface area (Å²) < 4.78 is 8.05. The van der Waals surface area contributed by atoms with Crippen LogP contribution in [0.15, 0.2) is 0 Å². The Morgan fingerprint density at radius 3 is 1.44 bits per heavy atom. The molecule has 1 rings (SSSR count). The van der Waals surface area contributed by atoms with E-state index in [4.69, 9.17) is 0 Å². The van der Waals surface area contributed by atoms with Gasteiger partial charge in [-0.15, -0.1) is 0 Å². The zero-order chi connectivity index (χ0) is 13.3. The molecule has 0 atom stereocenters. The van der Waals surface area contributed by atoms with E-state index in [9.17, 15) is 0 Å². The molecule has 1 heterocycles. The molecule has 0 spiro atoms. The molecule has 0 N–H and O–H groups in total. The van der Waals surface area contributed by atoms with E-state index in [2.05, 4.69) is 23.9 Å². The Morgan fingerprint density at radius 1 is 0.722 bits per heavy atom. The topological polar surface area (TPSA) is 3.24 Å². The molecule has 1 nitrogen and oxygen atoms in total. The molecule has 0 amide bonds. The van der Waals surface area contributed by atoms with Gasteiger partial charge in [0.25, 0.3) is 0 Å². The molecule has 0 aromatic carbocycles. The van der Waals surface area contributed by atoms with E-state index < -0.39 is 18.7 Å². The maximum atomic E-state index is 3.08. The summed E-state index contributed by atoms with van der Waals surface area (Å²) in [4.78, 5) is 0. The second-order valence-corrected chi connectivity index (χ2v) is 19.3. The van der Waals surface area contributed by atoms with Gasteiger partial charge in [-0.1, -0.05) is 0 Å². The first kappa shape index (κ1) is 16.8. The molecule has 0 aromatic heterocycles. The van der Waals surface area contributed by atoms with Crippen LogP contribution >= 0.6 is 0 Å². The molecule has 0 saturated carbocycles. The predicted molar refractivity (Wildman–Crippen MR) is 85.7 cm³/mol. The molecule has 2 heteroatoms. The van der Waals surface area contributed by atoms with Crippen LogP contribution in [0.2, 0.25) is 13.3 Å². The van der Waals surface area contributed by atoms with Crippen LogP contribution in [-0.2, 0) is 0 Å². The number of hydrogen-bond acceptors (Lipinski definition) is 1. The normalized spacial score (nSPS) is 17.5. The predicted octanol–water partition coefficient (Wildman–Crippen LogP) is 5.43. The van der Waals surface area contributed by atoms with E-state index in [0.29, 0.717) is 0 Å². The first-order chi connectivity index (χ1) is 8.79. The van der Waals surface area contributed by atoms with Gasteiger partial charge in [0, 0.05) is 0 Å². The molecule has 108 valence electrons. The van der Waals surface area contributed by atoms with Crippen molar-refractivity contribution in [3.63, 3.8) is 0 Å². The quantitative estimate of drug-likeness (QED) is 0.470. The number of rotatable bonds is 10. The van der Waals surface area contributed by atoms with Gasteiger partial charge in [0.1, 0.15) is 0 Å². The molecule has 1 saturated heterocycles. The first-order valence-electron chi connectivity index (χ1n) is 8.54. The van der Waals surface area contributed by atoms with Crippen LogP contribution in [0.3, 0.4) is 0 Å². The van der Waals surface area contributed by atoms with Crippen LogP contribution < -0.4 is 0 Å². The van der Waals surface area contributed by atoms with Crippen LogP contribution in [0.1, 0.15) is 72.1 Å². The van der Waals surface area contributed by atoms with Gasteiger partial charge in [0.15, 0.2) is 0 Å². The summed E-state index contributed by atoms with van der Waals surface area (Å²) in [5.74, 6) is 0. The second-order valence-electron chi connectivity index (χ2n) is 6.23. The van der Waals surface area contributed by atoms with Crippen LogP contribution in [0, 0.1) is 0 Å². The van der Waals surface area contributed by atoms with Crippen molar-refractivity contribution in [1.29, 1.82) is 0 Å². The van der Waals surface area contributed by atoms with E-state index in [-0.39, 0.29) is 0 Å². The molecule has 0 radical (unpaired) electrons. The Morgan fingerprint density at radius 2 is 1.11 bits per heavy atom. The fourth-order valence-electron chi connectivity index (χ4n) is 3.56. The van der Waals surface area contributed by atoms with Gasteiger partial charge < -0.3 is 0 Å². The van der Waals surface area contributed by atoms with Crippen LogP contribution in [0.4, 0.5) is 0 Å². The van der Waals surface area contributed by atoms with Gasteiger partial charge in [-0.3, -0.25) is 0 Å². The van der Waals surface area contributed by atoms with Gasteiger partial charge in [-0.2, -0.15) is 0 Å². The van der Waals surface area contributed by atoms with E-state index >= 15 is 0 Å². The van der Waals surface area contributed by atoms with Crippen LogP contribution in [0.25, 0.3) is 0 Å². The van der Waals surface area contributed by atoms with E-state index in [1.165, 1.54) is 64.5 Å². The van der Waals surface area contributed by atoms with Crippen molar-refractivity contribution in [2.75, 3.05) is 13.1 Å². The summed E-state index contributed by atoms with van der Waals surface area (Å²) in [6, 6.07) is 0. The van der Waals surface area contributed by atoms with Crippen molar-refractivity contribution in [3.05, 3.63) is 0 Å². The average Bonchev–Trinajstić information content (AvgIpc) is 2.93. The summed E-state index contributed by atoms with van der Waals surface area (Å²) >= 11 is -1.94. The zero-order valence-electron chi connectivity index (χ0n) is 13.1. The standard InChI is InChI=1S/C4H8N.3C4H9.Sn/c1-2-4-5-3-1;3*1-3-4-2;/h1-4H2;3*1,3-4H2,2H3;/q-1;;;;+1. The molecule has 1 fully saturated rings. The fraction of sp³-hybridized carbons (Fsp3) is 1.00. The van der Waals surface area contributed by atoms with Gasteiger partial charge in [0.2, 0.25) is 0 Å². The Labute approximate surface area is 120 Å². The molecule has 1 aliphatic rings. The van der Waals surface area contributed by atoms with E-state index in [1.54, 1.807) is 13.3 Å². The van der Waals surface area contributed by atoms with Crippen molar-refractivity contribution in [2.24, 2.45) is 0 Å². The van der Waals surface area contributed by atoms with Crippen molar-refractivity contribution in [2.45, 2.75) is 85.4 Å². The molecular weight excluding hydrogens is 325 g/mol. The van der Waals surface area contributed by atoms with Crippen molar-refractivity contribution in [3.8, 4) is 0 Å². The molecule has 0 bridgehead atoms. The summed E-state index contributed by atoms with van der Waals surface area (Å²) in [7, 11) is 0. The molecule has 0 aliphatic carbocycles. The average molecular weight is 360 g/mol. The summed E-state index contributed by atoms with van der Waals surface area (Å²) in [6.07, 6.45) is 11.7. The first-order valence-corrected chi connectivity index (χ1v) is 15.9. The van der Waals surface area contributed by atoms with E-state index in [1.807, 2.05) is 0 Å². The summed E-state index contributed by atoms with van der Waals surface area (Å²) in [6.45, 7) is 10.1. The van der Waals surface area contributed by atoms with Gasteiger partial charge in [-0.05, 0) is 0 Å². The number of nitrogens with zero attached hydrogens (tertiary/aromatic N) is 1.